The minimum absolute atomic E-state index is 0.182. The van der Waals surface area contributed by atoms with Crippen molar-refractivity contribution >= 4 is 45.5 Å². The monoisotopic (exact) mass is 526 g/mol. The second kappa shape index (κ2) is 9.72. The van der Waals surface area contributed by atoms with Gasteiger partial charge in [-0.2, -0.15) is 0 Å². The zero-order chi connectivity index (χ0) is 27.1. The van der Waals surface area contributed by atoms with Crippen LogP contribution in [0.15, 0.2) is 77.7 Å². The second-order valence-corrected chi connectivity index (χ2v) is 10.0. The fourth-order valence-electron chi connectivity index (χ4n) is 4.67. The van der Waals surface area contributed by atoms with Gasteiger partial charge < -0.3 is 14.1 Å². The van der Waals surface area contributed by atoms with E-state index in [1.165, 1.54) is 21.6 Å². The molecular weight excluding hydrogens is 503 g/mol. The first kappa shape index (κ1) is 25.1. The minimum Gasteiger partial charge on any atom is -0.454 e. The Balaban J connectivity index is 0.00000144. The van der Waals surface area contributed by atoms with Gasteiger partial charge in [0, 0.05) is 41.5 Å². The highest BCUT2D eigenvalue weighted by Gasteiger charge is 2.29. The van der Waals surface area contributed by atoms with Gasteiger partial charge in [-0.05, 0) is 55.8 Å². The summed E-state index contributed by atoms with van der Waals surface area (Å²) < 4.78 is 23.3. The van der Waals surface area contributed by atoms with Crippen molar-refractivity contribution in [3.05, 3.63) is 105 Å². The molecule has 38 heavy (non-hydrogen) atoms. The molecule has 6 rings (SSSR count). The number of thiophene rings is 1. The van der Waals surface area contributed by atoms with Crippen LogP contribution in [0, 0.1) is 19.7 Å². The van der Waals surface area contributed by atoms with Crippen molar-refractivity contribution in [3.63, 3.8) is 0 Å². The highest BCUT2D eigenvalue weighted by Crippen LogP contribution is 2.46. The quantitative estimate of drug-likeness (QED) is 0.238. The number of carbonyl (C=O) groups excluding carboxylic acids is 2. The molecule has 2 aromatic heterocycles. The maximum atomic E-state index is 14.8. The van der Waals surface area contributed by atoms with Crippen LogP contribution in [0.1, 0.15) is 20.8 Å². The number of aryl methyl sites for hydroxylation is 3. The lowest BCUT2D eigenvalue weighted by atomic mass is 10.0. The molecule has 1 amide bonds. The Morgan fingerprint density at radius 2 is 1.66 bits per heavy atom. The number of pyridine rings is 1. The van der Waals surface area contributed by atoms with Crippen LogP contribution in [-0.4, -0.2) is 17.3 Å². The van der Waals surface area contributed by atoms with Crippen LogP contribution in [0.5, 0.6) is 11.5 Å². The Bertz CT molecular complexity index is 1780. The summed E-state index contributed by atoms with van der Waals surface area (Å²) in [6, 6.07) is 19.3. The molecule has 8 heteroatoms. The van der Waals surface area contributed by atoms with Crippen LogP contribution in [-0.2, 0) is 11.8 Å². The van der Waals surface area contributed by atoms with Crippen molar-refractivity contribution in [1.82, 2.24) is 4.57 Å². The predicted octanol–water partition coefficient (Wildman–Crippen LogP) is 6.92. The fourth-order valence-corrected chi connectivity index (χ4v) is 5.75. The van der Waals surface area contributed by atoms with Crippen LogP contribution in [0.25, 0.3) is 21.2 Å². The van der Waals surface area contributed by atoms with Crippen molar-refractivity contribution in [1.29, 1.82) is 0 Å². The lowest BCUT2D eigenvalue weighted by molar-refractivity contribution is -0.0980. The third-order valence-electron chi connectivity index (χ3n) is 6.39. The summed E-state index contributed by atoms with van der Waals surface area (Å²) in [6.07, 6.45) is 1.78. The summed E-state index contributed by atoms with van der Waals surface area (Å²) in [6.45, 7) is 5.75. The molecule has 0 atom stereocenters. The first-order chi connectivity index (χ1) is 18.3. The Kier molecular flexibility index (Phi) is 6.42. The fraction of sp³-hybridized carbons (Fsp3) is 0.100. The van der Waals surface area contributed by atoms with Crippen LogP contribution in [0.2, 0.25) is 0 Å². The number of ether oxygens (including phenoxy) is 1. The Hall–Kier alpha value is -4.56. The number of carbonyl (C=O) groups is 2. The minimum atomic E-state index is -0.478. The molecule has 5 aromatic rings. The van der Waals surface area contributed by atoms with Crippen molar-refractivity contribution < 1.29 is 18.7 Å². The molecule has 3 aromatic carbocycles. The number of hydrogen-bond acceptors (Lipinski definition) is 5. The van der Waals surface area contributed by atoms with E-state index in [1.807, 2.05) is 50.1 Å². The predicted molar refractivity (Wildman–Crippen MR) is 148 cm³/mol. The number of fused-ring (bicyclic) bond motifs is 4. The molecule has 0 N–H and O–H groups in total. The summed E-state index contributed by atoms with van der Waals surface area (Å²) in [7, 11) is 1.70. The summed E-state index contributed by atoms with van der Waals surface area (Å²) in [4.78, 5) is 37.0. The lowest BCUT2D eigenvalue weighted by Gasteiger charge is -2.26. The van der Waals surface area contributed by atoms with Crippen LogP contribution < -0.4 is 15.2 Å². The summed E-state index contributed by atoms with van der Waals surface area (Å²) >= 11 is 1.15. The van der Waals surface area contributed by atoms with Gasteiger partial charge in [0.2, 0.25) is 0 Å². The van der Waals surface area contributed by atoms with E-state index in [0.717, 1.165) is 28.0 Å². The molecule has 6 nitrogen and oxygen atoms in total. The zero-order valence-electron chi connectivity index (χ0n) is 20.9. The highest BCUT2D eigenvalue weighted by molar-refractivity contribution is 7.21. The molecule has 0 saturated heterocycles. The van der Waals surface area contributed by atoms with Crippen LogP contribution in [0.3, 0.4) is 0 Å². The molecular formula is C30H23FN2O4S. The van der Waals surface area contributed by atoms with Gasteiger partial charge >= 0.3 is 0 Å². The number of amides is 1. The van der Waals surface area contributed by atoms with Crippen molar-refractivity contribution in [2.75, 3.05) is 4.90 Å². The number of rotatable bonds is 1. The molecule has 1 aliphatic rings. The smallest absolute Gasteiger partial charge is 0.273 e. The summed E-state index contributed by atoms with van der Waals surface area (Å²) in [5, 5.41) is 0.684. The van der Waals surface area contributed by atoms with E-state index in [-0.39, 0.29) is 11.5 Å². The van der Waals surface area contributed by atoms with Gasteiger partial charge in [0.25, 0.3) is 11.5 Å². The van der Waals surface area contributed by atoms with E-state index in [4.69, 9.17) is 9.53 Å². The van der Waals surface area contributed by atoms with Crippen LogP contribution in [0.4, 0.5) is 15.8 Å². The molecule has 2 bridgehead atoms. The van der Waals surface area contributed by atoms with Crippen LogP contribution >= 0.6 is 11.3 Å². The van der Waals surface area contributed by atoms with Gasteiger partial charge in [0.15, 0.2) is 5.75 Å². The number of anilines is 2. The third kappa shape index (κ3) is 4.09. The van der Waals surface area contributed by atoms with Crippen molar-refractivity contribution in [3.8, 4) is 22.6 Å². The zero-order valence-corrected chi connectivity index (χ0v) is 21.8. The summed E-state index contributed by atoms with van der Waals surface area (Å²) in [5.74, 6) is 0.0878. The lowest BCUT2D eigenvalue weighted by Crippen LogP contribution is -2.26. The van der Waals surface area contributed by atoms with E-state index in [2.05, 4.69) is 0 Å². The number of aromatic nitrogens is 1. The van der Waals surface area contributed by atoms with Gasteiger partial charge in [0.1, 0.15) is 23.1 Å². The number of nitrogens with zero attached hydrogens (tertiary/aromatic N) is 2. The SMILES string of the molecule is C=O.Cc1ccc2c(c1)-c1cn(C)c(=O)c3sc(cc13)C(=O)N(c1ccccc1)c1cc(F)cc(C)c1O2. The van der Waals surface area contributed by atoms with Crippen molar-refractivity contribution in [2.24, 2.45) is 7.05 Å². The van der Waals surface area contributed by atoms with Gasteiger partial charge in [-0.1, -0.05) is 29.8 Å². The van der Waals surface area contributed by atoms with Crippen molar-refractivity contribution in [2.45, 2.75) is 13.8 Å². The largest absolute Gasteiger partial charge is 0.454 e. The third-order valence-corrected chi connectivity index (χ3v) is 7.50. The first-order valence-electron chi connectivity index (χ1n) is 11.7. The molecule has 0 aliphatic carbocycles. The van der Waals surface area contributed by atoms with E-state index in [9.17, 15) is 14.0 Å². The van der Waals surface area contributed by atoms with Gasteiger partial charge in [0.05, 0.1) is 10.6 Å². The maximum Gasteiger partial charge on any atom is 0.273 e. The molecule has 3 heterocycles. The van der Waals surface area contributed by atoms with Gasteiger partial charge in [-0.3, -0.25) is 14.5 Å². The van der Waals surface area contributed by atoms with E-state index in [0.29, 0.717) is 43.4 Å². The maximum absolute atomic E-state index is 14.8. The average molecular weight is 527 g/mol. The number of para-hydroxylation sites is 1. The molecule has 0 fully saturated rings. The Morgan fingerprint density at radius 1 is 0.921 bits per heavy atom. The molecule has 0 unspecified atom stereocenters. The molecule has 0 radical (unpaired) electrons. The highest BCUT2D eigenvalue weighted by atomic mass is 32.1. The topological polar surface area (TPSA) is 68.6 Å². The Morgan fingerprint density at radius 3 is 2.39 bits per heavy atom. The molecule has 0 spiro atoms. The standard InChI is InChI=1S/C29H21FN2O3S.CH2O/c1-16-9-10-24-20(11-16)22-15-31(3)29(34)27-21(22)14-25(36-27)28(33)32(19-7-5-4-6-8-19)23-13-18(30)12-17(2)26(23)35-24;1-2/h4-15H,1-3H3;1H2. The number of benzene rings is 3. The van der Waals surface area contributed by atoms with E-state index >= 15 is 0 Å². The number of hydrogen-bond donors (Lipinski definition) is 0. The normalized spacial score (nSPS) is 12.2. The Labute approximate surface area is 222 Å². The number of halogens is 1. The first-order valence-corrected chi connectivity index (χ1v) is 12.5. The van der Waals surface area contributed by atoms with Gasteiger partial charge in [-0.25, -0.2) is 4.39 Å². The van der Waals surface area contributed by atoms with Gasteiger partial charge in [-0.15, -0.1) is 11.3 Å². The molecule has 190 valence electrons. The second-order valence-electron chi connectivity index (χ2n) is 8.96. The summed E-state index contributed by atoms with van der Waals surface area (Å²) in [5.41, 5.74) is 3.82. The molecule has 1 aliphatic heterocycles. The average Bonchev–Trinajstić information content (AvgIpc) is 3.36. The van der Waals surface area contributed by atoms with E-state index < -0.39 is 5.82 Å². The molecule has 0 saturated carbocycles. The van der Waals surface area contributed by atoms with E-state index in [1.54, 1.807) is 38.4 Å².